The number of nitrogens with zero attached hydrogens (tertiary/aromatic N) is 2. The van der Waals surface area contributed by atoms with Gasteiger partial charge in [0.1, 0.15) is 12.6 Å². The number of nitrogens with one attached hydrogen (secondary N) is 1. The number of amides is 2. The largest absolute Gasteiger partial charge is 0.352 e. The lowest BCUT2D eigenvalue weighted by Crippen LogP contribution is -2.54. The molecule has 0 bridgehead atoms. The minimum atomic E-state index is -3.80. The molecule has 3 aromatic rings. The van der Waals surface area contributed by atoms with Gasteiger partial charge in [0.25, 0.3) is 0 Å². The maximum atomic E-state index is 14.1. The molecule has 2 amide bonds. The molecule has 3 rings (SSSR count). The fraction of sp³-hybridized carbons (Fsp3) is 0.375. The van der Waals surface area contributed by atoms with Crippen molar-refractivity contribution in [3.8, 4) is 0 Å². The van der Waals surface area contributed by atoms with Gasteiger partial charge in [0.2, 0.25) is 21.8 Å². The average Bonchev–Trinajstić information content (AvgIpc) is 2.91. The van der Waals surface area contributed by atoms with Crippen LogP contribution >= 0.6 is 0 Å². The molecule has 3 aromatic carbocycles. The van der Waals surface area contributed by atoms with E-state index in [0.29, 0.717) is 12.1 Å². The van der Waals surface area contributed by atoms with Crippen LogP contribution in [0.3, 0.4) is 0 Å². The molecule has 0 spiro atoms. The third kappa shape index (κ3) is 8.42. The molecule has 0 fully saturated rings. The zero-order valence-electron chi connectivity index (χ0n) is 24.3. The SMILES string of the molecule is CCC(C)NC(=O)C(Cc1ccccc1)N(Cc1ccc(C)cc1)C(=O)CN(c1ccc(C)c(C)c1)S(C)(=O)=O. The molecule has 0 aliphatic rings. The van der Waals surface area contributed by atoms with Gasteiger partial charge in [-0.2, -0.15) is 0 Å². The molecule has 2 unspecified atom stereocenters. The van der Waals surface area contributed by atoms with Crippen molar-refractivity contribution in [2.45, 2.75) is 66.1 Å². The number of anilines is 1. The summed E-state index contributed by atoms with van der Waals surface area (Å²) in [6.45, 7) is 9.49. The van der Waals surface area contributed by atoms with E-state index in [2.05, 4.69) is 5.32 Å². The second-order valence-corrected chi connectivity index (χ2v) is 12.5. The highest BCUT2D eigenvalue weighted by Gasteiger charge is 2.33. The molecular weight excluding hydrogens is 522 g/mol. The first-order valence-corrected chi connectivity index (χ1v) is 15.5. The molecule has 0 saturated heterocycles. The van der Waals surface area contributed by atoms with E-state index < -0.39 is 28.5 Å². The summed E-state index contributed by atoms with van der Waals surface area (Å²) in [5.41, 5.74) is 5.19. The Kier molecular flexibility index (Phi) is 10.5. The molecule has 214 valence electrons. The number of carbonyl (C=O) groups is 2. The van der Waals surface area contributed by atoms with Crippen molar-refractivity contribution in [3.05, 3.63) is 101 Å². The van der Waals surface area contributed by atoms with Gasteiger partial charge in [0.15, 0.2) is 0 Å². The van der Waals surface area contributed by atoms with Crippen molar-refractivity contribution < 1.29 is 18.0 Å². The number of hydrogen-bond donors (Lipinski definition) is 1. The minimum absolute atomic E-state index is 0.0786. The van der Waals surface area contributed by atoms with Crippen LogP contribution in [0, 0.1) is 20.8 Å². The van der Waals surface area contributed by atoms with E-state index in [9.17, 15) is 18.0 Å². The number of carbonyl (C=O) groups excluding carboxylic acids is 2. The van der Waals surface area contributed by atoms with Gasteiger partial charge in [0.05, 0.1) is 11.9 Å². The van der Waals surface area contributed by atoms with Crippen molar-refractivity contribution in [1.29, 1.82) is 0 Å². The van der Waals surface area contributed by atoms with Gasteiger partial charge in [-0.1, -0.05) is 73.2 Å². The number of aryl methyl sites for hydroxylation is 3. The molecule has 0 aromatic heterocycles. The smallest absolute Gasteiger partial charge is 0.244 e. The van der Waals surface area contributed by atoms with Crippen LogP contribution in [0.15, 0.2) is 72.8 Å². The maximum absolute atomic E-state index is 14.1. The zero-order valence-corrected chi connectivity index (χ0v) is 25.2. The van der Waals surface area contributed by atoms with Crippen LogP contribution in [0.5, 0.6) is 0 Å². The fourth-order valence-electron chi connectivity index (χ4n) is 4.38. The Morgan fingerprint density at radius 1 is 0.875 bits per heavy atom. The second kappa shape index (κ2) is 13.6. The fourth-order valence-corrected chi connectivity index (χ4v) is 5.22. The molecule has 0 radical (unpaired) electrons. The Hall–Kier alpha value is -3.65. The number of benzene rings is 3. The summed E-state index contributed by atoms with van der Waals surface area (Å²) in [6.07, 6.45) is 2.13. The predicted molar refractivity (Wildman–Crippen MR) is 162 cm³/mol. The van der Waals surface area contributed by atoms with Gasteiger partial charge in [-0.3, -0.25) is 13.9 Å². The van der Waals surface area contributed by atoms with Crippen LogP contribution < -0.4 is 9.62 Å². The zero-order chi connectivity index (χ0) is 29.4. The molecule has 8 heteroatoms. The summed E-state index contributed by atoms with van der Waals surface area (Å²) in [4.78, 5) is 29.4. The number of sulfonamides is 1. The van der Waals surface area contributed by atoms with Crippen molar-refractivity contribution in [3.63, 3.8) is 0 Å². The highest BCUT2D eigenvalue weighted by molar-refractivity contribution is 7.92. The van der Waals surface area contributed by atoms with Gasteiger partial charge < -0.3 is 10.2 Å². The quantitative estimate of drug-likeness (QED) is 0.339. The van der Waals surface area contributed by atoms with Crippen molar-refractivity contribution >= 4 is 27.5 Å². The molecule has 1 N–H and O–H groups in total. The van der Waals surface area contributed by atoms with Crippen molar-refractivity contribution in [2.75, 3.05) is 17.1 Å². The summed E-state index contributed by atoms with van der Waals surface area (Å²) < 4.78 is 27.0. The lowest BCUT2D eigenvalue weighted by Gasteiger charge is -2.34. The van der Waals surface area contributed by atoms with Crippen LogP contribution in [0.1, 0.15) is 48.1 Å². The Bertz CT molecular complexity index is 1410. The standard InChI is InChI=1S/C32H41N3O4S/c1-7-26(5)33-32(37)30(20-27-11-9-8-10-12-27)34(21-28-16-13-23(2)14-17-28)31(36)22-35(40(6,38)39)29-18-15-24(3)25(4)19-29/h8-19,26,30H,7,20-22H2,1-6H3,(H,33,37). The summed E-state index contributed by atoms with van der Waals surface area (Å²) in [6, 6.07) is 21.7. The molecule has 0 aliphatic heterocycles. The summed E-state index contributed by atoms with van der Waals surface area (Å²) in [5, 5.41) is 3.04. The van der Waals surface area contributed by atoms with Gasteiger partial charge in [0, 0.05) is 19.0 Å². The second-order valence-electron chi connectivity index (χ2n) is 10.6. The topological polar surface area (TPSA) is 86.8 Å². The van der Waals surface area contributed by atoms with Gasteiger partial charge in [-0.05, 0) is 68.5 Å². The van der Waals surface area contributed by atoms with Crippen LogP contribution in [0.2, 0.25) is 0 Å². The Morgan fingerprint density at radius 2 is 1.52 bits per heavy atom. The molecular formula is C32H41N3O4S. The Morgan fingerprint density at radius 3 is 2.10 bits per heavy atom. The van der Waals surface area contributed by atoms with Gasteiger partial charge >= 0.3 is 0 Å². The predicted octanol–water partition coefficient (Wildman–Crippen LogP) is 4.93. The molecule has 0 heterocycles. The lowest BCUT2D eigenvalue weighted by molar-refractivity contribution is -0.140. The van der Waals surface area contributed by atoms with Gasteiger partial charge in [-0.25, -0.2) is 8.42 Å². The van der Waals surface area contributed by atoms with E-state index in [-0.39, 0.29) is 18.5 Å². The third-order valence-electron chi connectivity index (χ3n) is 7.20. The van der Waals surface area contributed by atoms with Crippen molar-refractivity contribution in [2.24, 2.45) is 0 Å². The van der Waals surface area contributed by atoms with Crippen LogP contribution in [0.25, 0.3) is 0 Å². The lowest BCUT2D eigenvalue weighted by atomic mass is 10.0. The highest BCUT2D eigenvalue weighted by atomic mass is 32.2. The molecule has 0 aliphatic carbocycles. The highest BCUT2D eigenvalue weighted by Crippen LogP contribution is 2.23. The summed E-state index contributed by atoms with van der Waals surface area (Å²) in [5.74, 6) is -0.722. The first kappa shape index (κ1) is 30.9. The molecule has 40 heavy (non-hydrogen) atoms. The van der Waals surface area contributed by atoms with E-state index in [4.69, 9.17) is 0 Å². The van der Waals surface area contributed by atoms with Crippen molar-refractivity contribution in [1.82, 2.24) is 10.2 Å². The van der Waals surface area contributed by atoms with Crippen LogP contribution in [-0.2, 0) is 32.6 Å². The van der Waals surface area contributed by atoms with Gasteiger partial charge in [-0.15, -0.1) is 0 Å². The molecule has 2 atom stereocenters. The molecule has 7 nitrogen and oxygen atoms in total. The van der Waals surface area contributed by atoms with Crippen LogP contribution in [0.4, 0.5) is 5.69 Å². The van der Waals surface area contributed by atoms with E-state index in [1.165, 1.54) is 4.90 Å². The number of rotatable bonds is 12. The van der Waals surface area contributed by atoms with Crippen LogP contribution in [-0.4, -0.2) is 50.0 Å². The first-order chi connectivity index (χ1) is 18.9. The number of hydrogen-bond acceptors (Lipinski definition) is 4. The van der Waals surface area contributed by atoms with E-state index in [0.717, 1.165) is 44.8 Å². The van der Waals surface area contributed by atoms with E-state index in [1.54, 1.807) is 12.1 Å². The first-order valence-electron chi connectivity index (χ1n) is 13.6. The average molecular weight is 564 g/mol. The summed E-state index contributed by atoms with van der Waals surface area (Å²) in [7, 11) is -3.80. The minimum Gasteiger partial charge on any atom is -0.352 e. The monoisotopic (exact) mass is 563 g/mol. The normalized spacial score (nSPS) is 12.8. The van der Waals surface area contributed by atoms with E-state index in [1.807, 2.05) is 95.3 Å². The maximum Gasteiger partial charge on any atom is 0.244 e. The Labute approximate surface area is 239 Å². The molecule has 0 saturated carbocycles. The summed E-state index contributed by atoms with van der Waals surface area (Å²) >= 11 is 0. The van der Waals surface area contributed by atoms with E-state index >= 15 is 0 Å². The third-order valence-corrected chi connectivity index (χ3v) is 8.34. The Balaban J connectivity index is 2.06.